The predicted molar refractivity (Wildman–Crippen MR) is 72.2 cm³/mol. The number of azide groups is 1. The van der Waals surface area contributed by atoms with Gasteiger partial charge in [0.1, 0.15) is 5.75 Å². The minimum Gasteiger partial charge on any atom is -0.496 e. The Morgan fingerprint density at radius 2 is 2.26 bits per heavy atom. The first-order valence-electron chi connectivity index (χ1n) is 5.29. The number of aliphatic carboxylic acids is 1. The van der Waals surface area contributed by atoms with Crippen LogP contribution in [-0.2, 0) is 4.79 Å². The minimum atomic E-state index is -1.15. The normalized spacial score (nSPS) is 11.3. The van der Waals surface area contributed by atoms with Gasteiger partial charge in [-0.05, 0) is 36.2 Å². The molecule has 1 rings (SSSR count). The summed E-state index contributed by atoms with van der Waals surface area (Å²) in [4.78, 5) is 13.8. The molecule has 0 fully saturated rings. The second kappa shape index (κ2) is 6.68. The zero-order chi connectivity index (χ0) is 14.4. The number of hydrogen-bond donors (Lipinski definition) is 1. The highest BCUT2D eigenvalue weighted by Gasteiger charge is 2.15. The Morgan fingerprint density at radius 3 is 2.79 bits per heavy atom. The molecule has 7 heteroatoms. The summed E-state index contributed by atoms with van der Waals surface area (Å²) in [5, 5.41) is 12.9. The number of nitrogens with zero attached hydrogens (tertiary/aromatic N) is 3. The molecule has 0 aliphatic heterocycles. The van der Waals surface area contributed by atoms with E-state index in [9.17, 15) is 4.79 Å². The monoisotopic (exact) mass is 281 g/mol. The van der Waals surface area contributed by atoms with E-state index in [1.165, 1.54) is 7.11 Å². The van der Waals surface area contributed by atoms with Gasteiger partial charge in [0.2, 0.25) is 0 Å². The molecule has 0 amide bonds. The SMILES string of the molecule is COc1ccc(Cl)cc1C(C)=C(CN=[N+]=[N-])C(=O)O. The zero-order valence-corrected chi connectivity index (χ0v) is 11.2. The summed E-state index contributed by atoms with van der Waals surface area (Å²) in [6.45, 7) is 1.37. The summed E-state index contributed by atoms with van der Waals surface area (Å²) in [6, 6.07) is 4.90. The van der Waals surface area contributed by atoms with Crippen LogP contribution in [0.2, 0.25) is 5.02 Å². The summed E-state index contributed by atoms with van der Waals surface area (Å²) in [7, 11) is 1.48. The third-order valence-electron chi connectivity index (χ3n) is 2.57. The first-order chi connectivity index (χ1) is 9.01. The van der Waals surface area contributed by atoms with Gasteiger partial charge >= 0.3 is 5.97 Å². The van der Waals surface area contributed by atoms with Crippen LogP contribution in [0.15, 0.2) is 28.9 Å². The van der Waals surface area contributed by atoms with Gasteiger partial charge in [-0.15, -0.1) is 0 Å². The molecular weight excluding hydrogens is 270 g/mol. The van der Waals surface area contributed by atoms with E-state index in [4.69, 9.17) is 27.0 Å². The molecule has 0 heterocycles. The molecule has 0 aliphatic carbocycles. The van der Waals surface area contributed by atoms with E-state index in [0.717, 1.165) is 0 Å². The number of benzene rings is 1. The summed E-state index contributed by atoms with van der Waals surface area (Å²) in [6.07, 6.45) is 0. The standard InChI is InChI=1S/C12H12ClN3O3/c1-7(10(12(17)18)6-15-16-14)9-5-8(13)3-4-11(9)19-2/h3-5H,6H2,1-2H3,(H,17,18). The van der Waals surface area contributed by atoms with Gasteiger partial charge in [-0.2, -0.15) is 0 Å². The molecule has 1 aromatic rings. The van der Waals surface area contributed by atoms with Crippen molar-refractivity contribution in [1.29, 1.82) is 0 Å². The van der Waals surface area contributed by atoms with E-state index < -0.39 is 5.97 Å². The predicted octanol–water partition coefficient (Wildman–Crippen LogP) is 3.52. The number of allylic oxidation sites excluding steroid dienone is 1. The lowest BCUT2D eigenvalue weighted by molar-refractivity contribution is -0.132. The molecule has 0 unspecified atom stereocenters. The molecule has 100 valence electrons. The Hall–Kier alpha value is -2.17. The van der Waals surface area contributed by atoms with Gasteiger partial charge in [-0.1, -0.05) is 16.7 Å². The molecule has 0 atom stereocenters. The summed E-state index contributed by atoms with van der Waals surface area (Å²) in [5.74, 6) is -0.645. The highest BCUT2D eigenvalue weighted by molar-refractivity contribution is 6.30. The highest BCUT2D eigenvalue weighted by atomic mass is 35.5. The number of halogens is 1. The maximum Gasteiger partial charge on any atom is 0.331 e. The van der Waals surface area contributed by atoms with Gasteiger partial charge in [0.05, 0.1) is 13.7 Å². The lowest BCUT2D eigenvalue weighted by Crippen LogP contribution is -2.06. The first kappa shape index (κ1) is 14.9. The number of hydrogen-bond acceptors (Lipinski definition) is 3. The number of methoxy groups -OCH3 is 1. The second-order valence-corrected chi connectivity index (χ2v) is 4.08. The Morgan fingerprint density at radius 1 is 1.58 bits per heavy atom. The van der Waals surface area contributed by atoms with Crippen LogP contribution in [0.1, 0.15) is 12.5 Å². The molecular formula is C12H12ClN3O3. The molecule has 0 radical (unpaired) electrons. The van der Waals surface area contributed by atoms with Crippen LogP contribution in [0.25, 0.3) is 16.0 Å². The molecule has 19 heavy (non-hydrogen) atoms. The Balaban J connectivity index is 3.42. The topological polar surface area (TPSA) is 95.3 Å². The van der Waals surface area contributed by atoms with Gasteiger partial charge < -0.3 is 9.84 Å². The van der Waals surface area contributed by atoms with E-state index in [0.29, 0.717) is 21.9 Å². The molecule has 0 spiro atoms. The highest BCUT2D eigenvalue weighted by Crippen LogP contribution is 2.30. The van der Waals surface area contributed by atoms with E-state index in [-0.39, 0.29) is 12.1 Å². The van der Waals surface area contributed by atoms with Gasteiger partial charge in [0.25, 0.3) is 0 Å². The fourth-order valence-corrected chi connectivity index (χ4v) is 1.76. The molecule has 0 aliphatic rings. The second-order valence-electron chi connectivity index (χ2n) is 3.64. The number of carboxylic acid groups (broad SMARTS) is 1. The van der Waals surface area contributed by atoms with Crippen molar-refractivity contribution in [3.05, 3.63) is 44.8 Å². The van der Waals surface area contributed by atoms with Crippen LogP contribution in [0.5, 0.6) is 5.75 Å². The van der Waals surface area contributed by atoms with Gasteiger partial charge in [0.15, 0.2) is 0 Å². The van der Waals surface area contributed by atoms with Crippen LogP contribution in [0.4, 0.5) is 0 Å². The van der Waals surface area contributed by atoms with Crippen LogP contribution >= 0.6 is 11.6 Å². The summed E-state index contributed by atoms with van der Waals surface area (Å²) < 4.78 is 5.17. The van der Waals surface area contributed by atoms with Gasteiger partial charge in [0, 0.05) is 21.1 Å². The van der Waals surface area contributed by atoms with Crippen molar-refractivity contribution >= 4 is 23.1 Å². The summed E-state index contributed by atoms with van der Waals surface area (Å²) >= 11 is 5.90. The zero-order valence-electron chi connectivity index (χ0n) is 10.4. The van der Waals surface area contributed by atoms with Crippen molar-refractivity contribution in [3.8, 4) is 5.75 Å². The van der Waals surface area contributed by atoms with Crippen molar-refractivity contribution < 1.29 is 14.6 Å². The van der Waals surface area contributed by atoms with Crippen LogP contribution < -0.4 is 4.74 Å². The van der Waals surface area contributed by atoms with Crippen LogP contribution in [0.3, 0.4) is 0 Å². The van der Waals surface area contributed by atoms with Gasteiger partial charge in [-0.25, -0.2) is 4.79 Å². The first-order valence-corrected chi connectivity index (χ1v) is 5.66. The number of ether oxygens (including phenoxy) is 1. The smallest absolute Gasteiger partial charge is 0.331 e. The average molecular weight is 282 g/mol. The van der Waals surface area contributed by atoms with Crippen molar-refractivity contribution in [1.82, 2.24) is 0 Å². The lowest BCUT2D eigenvalue weighted by atomic mass is 10.0. The van der Waals surface area contributed by atoms with E-state index >= 15 is 0 Å². The number of carbonyl (C=O) groups is 1. The fourth-order valence-electron chi connectivity index (χ4n) is 1.58. The molecule has 1 N–H and O–H groups in total. The third kappa shape index (κ3) is 3.64. The average Bonchev–Trinajstić information content (AvgIpc) is 2.38. The molecule has 0 aromatic heterocycles. The number of rotatable bonds is 5. The lowest BCUT2D eigenvalue weighted by Gasteiger charge is -2.11. The Labute approximate surface area is 114 Å². The van der Waals surface area contributed by atoms with Crippen LogP contribution in [0, 0.1) is 0 Å². The van der Waals surface area contributed by atoms with Crippen molar-refractivity contribution in [3.63, 3.8) is 0 Å². The van der Waals surface area contributed by atoms with E-state index in [1.807, 2.05) is 0 Å². The number of carboxylic acids is 1. The third-order valence-corrected chi connectivity index (χ3v) is 2.80. The van der Waals surface area contributed by atoms with E-state index in [1.54, 1.807) is 25.1 Å². The van der Waals surface area contributed by atoms with E-state index in [2.05, 4.69) is 10.0 Å². The van der Waals surface area contributed by atoms with Crippen molar-refractivity contribution in [2.24, 2.45) is 5.11 Å². The molecule has 0 saturated carbocycles. The maximum atomic E-state index is 11.2. The Kier molecular flexibility index (Phi) is 5.23. The maximum absolute atomic E-state index is 11.2. The quantitative estimate of drug-likeness (QED) is 0.387. The van der Waals surface area contributed by atoms with Crippen LogP contribution in [-0.4, -0.2) is 24.7 Å². The largest absolute Gasteiger partial charge is 0.496 e. The molecule has 6 nitrogen and oxygen atoms in total. The van der Waals surface area contributed by atoms with Crippen molar-refractivity contribution in [2.45, 2.75) is 6.92 Å². The van der Waals surface area contributed by atoms with Crippen molar-refractivity contribution in [2.75, 3.05) is 13.7 Å². The van der Waals surface area contributed by atoms with Gasteiger partial charge in [-0.3, -0.25) is 0 Å². The fraction of sp³-hybridized carbons (Fsp3) is 0.250. The molecule has 0 saturated heterocycles. The Bertz CT molecular complexity index is 578. The minimum absolute atomic E-state index is 0.00151. The summed E-state index contributed by atoms with van der Waals surface area (Å²) in [5.41, 5.74) is 9.29. The molecule has 1 aromatic carbocycles. The molecule has 0 bridgehead atoms.